The SMILES string of the molecule is COc1ccccc1N(CC(=O)NC1CCCc2ccccc21)S(=O)(=O)c1ccc(F)cc1. The Hall–Kier alpha value is -3.39. The first kappa shape index (κ1) is 22.8. The van der Waals surface area contributed by atoms with Gasteiger partial charge in [-0.25, -0.2) is 12.8 Å². The van der Waals surface area contributed by atoms with E-state index < -0.39 is 28.3 Å². The molecule has 4 rings (SSSR count). The quantitative estimate of drug-likeness (QED) is 0.563. The molecule has 0 saturated heterocycles. The third-order valence-electron chi connectivity index (χ3n) is 5.75. The largest absolute Gasteiger partial charge is 0.495 e. The summed E-state index contributed by atoms with van der Waals surface area (Å²) in [7, 11) is -2.74. The second-order valence-electron chi connectivity index (χ2n) is 7.85. The van der Waals surface area contributed by atoms with Crippen LogP contribution in [-0.4, -0.2) is 28.0 Å². The van der Waals surface area contributed by atoms with Crippen LogP contribution < -0.4 is 14.4 Å². The van der Waals surface area contributed by atoms with Crippen molar-refractivity contribution in [1.29, 1.82) is 0 Å². The van der Waals surface area contributed by atoms with Gasteiger partial charge in [-0.15, -0.1) is 0 Å². The molecule has 0 saturated carbocycles. The third-order valence-corrected chi connectivity index (χ3v) is 7.52. The van der Waals surface area contributed by atoms with Crippen molar-refractivity contribution in [3.63, 3.8) is 0 Å². The van der Waals surface area contributed by atoms with Crippen LogP contribution in [0.3, 0.4) is 0 Å². The van der Waals surface area contributed by atoms with Gasteiger partial charge < -0.3 is 10.1 Å². The Morgan fingerprint density at radius 1 is 1.06 bits per heavy atom. The first-order chi connectivity index (χ1) is 15.9. The Labute approximate surface area is 193 Å². The first-order valence-electron chi connectivity index (χ1n) is 10.7. The van der Waals surface area contributed by atoms with E-state index in [9.17, 15) is 17.6 Å². The number of halogens is 1. The highest BCUT2D eigenvalue weighted by atomic mass is 32.2. The van der Waals surface area contributed by atoms with E-state index in [1.54, 1.807) is 24.3 Å². The molecule has 172 valence electrons. The summed E-state index contributed by atoms with van der Waals surface area (Å²) >= 11 is 0. The summed E-state index contributed by atoms with van der Waals surface area (Å²) in [5, 5.41) is 3.00. The summed E-state index contributed by atoms with van der Waals surface area (Å²) in [5.74, 6) is -0.682. The number of rotatable bonds is 7. The van der Waals surface area contributed by atoms with Crippen LogP contribution in [0.4, 0.5) is 10.1 Å². The number of nitrogens with one attached hydrogen (secondary N) is 1. The molecule has 8 heteroatoms. The lowest BCUT2D eigenvalue weighted by atomic mass is 9.88. The smallest absolute Gasteiger partial charge is 0.264 e. The zero-order valence-corrected chi connectivity index (χ0v) is 19.0. The van der Waals surface area contributed by atoms with E-state index in [-0.39, 0.29) is 16.6 Å². The number of carbonyl (C=O) groups is 1. The van der Waals surface area contributed by atoms with Crippen molar-refractivity contribution in [1.82, 2.24) is 5.32 Å². The highest BCUT2D eigenvalue weighted by molar-refractivity contribution is 7.92. The van der Waals surface area contributed by atoms with Crippen LogP contribution in [0, 0.1) is 5.82 Å². The van der Waals surface area contributed by atoms with E-state index in [0.717, 1.165) is 41.3 Å². The minimum atomic E-state index is -4.17. The molecule has 0 spiro atoms. The summed E-state index contributed by atoms with van der Waals surface area (Å²) in [4.78, 5) is 13.0. The van der Waals surface area contributed by atoms with E-state index >= 15 is 0 Å². The number of ether oxygens (including phenoxy) is 1. The predicted molar refractivity (Wildman–Crippen MR) is 124 cm³/mol. The zero-order valence-electron chi connectivity index (χ0n) is 18.2. The van der Waals surface area contributed by atoms with Gasteiger partial charge in [0.05, 0.1) is 23.7 Å². The lowest BCUT2D eigenvalue weighted by molar-refractivity contribution is -0.120. The molecule has 1 aliphatic carbocycles. The normalized spacial score (nSPS) is 15.4. The first-order valence-corrected chi connectivity index (χ1v) is 12.1. The monoisotopic (exact) mass is 468 g/mol. The number of nitrogens with zero attached hydrogens (tertiary/aromatic N) is 1. The molecule has 3 aromatic rings. The molecular formula is C25H25FN2O4S. The van der Waals surface area contributed by atoms with Crippen LogP contribution in [0.5, 0.6) is 5.75 Å². The topological polar surface area (TPSA) is 75.7 Å². The van der Waals surface area contributed by atoms with Gasteiger partial charge in [-0.1, -0.05) is 36.4 Å². The third kappa shape index (κ3) is 4.85. The van der Waals surface area contributed by atoms with Gasteiger partial charge in [0.25, 0.3) is 10.0 Å². The fourth-order valence-electron chi connectivity index (χ4n) is 4.14. The molecule has 1 N–H and O–H groups in total. The number of methoxy groups -OCH3 is 1. The van der Waals surface area contributed by atoms with Gasteiger partial charge in [-0.3, -0.25) is 9.10 Å². The molecule has 33 heavy (non-hydrogen) atoms. The maximum Gasteiger partial charge on any atom is 0.264 e. The number of aryl methyl sites for hydroxylation is 1. The lowest BCUT2D eigenvalue weighted by Crippen LogP contribution is -2.42. The molecule has 0 aromatic heterocycles. The summed E-state index contributed by atoms with van der Waals surface area (Å²) < 4.78 is 46.8. The van der Waals surface area contributed by atoms with E-state index in [0.29, 0.717) is 5.75 Å². The molecule has 0 fully saturated rings. The van der Waals surface area contributed by atoms with Crippen molar-refractivity contribution in [2.24, 2.45) is 0 Å². The van der Waals surface area contributed by atoms with Crippen LogP contribution in [0.1, 0.15) is 30.0 Å². The summed E-state index contributed by atoms with van der Waals surface area (Å²) in [6.45, 7) is -0.446. The number of benzene rings is 3. The van der Waals surface area contributed by atoms with Gasteiger partial charge in [0.1, 0.15) is 18.1 Å². The van der Waals surface area contributed by atoms with E-state index in [2.05, 4.69) is 5.32 Å². The Bertz CT molecular complexity index is 1250. The minimum absolute atomic E-state index is 0.120. The number of sulfonamides is 1. The summed E-state index contributed by atoms with van der Waals surface area (Å²) in [6, 6.07) is 18.9. The molecule has 0 bridgehead atoms. The fourth-order valence-corrected chi connectivity index (χ4v) is 5.58. The second kappa shape index (κ2) is 9.62. The van der Waals surface area contributed by atoms with Crippen molar-refractivity contribution >= 4 is 21.6 Å². The number of hydrogen-bond donors (Lipinski definition) is 1. The van der Waals surface area contributed by atoms with Crippen molar-refractivity contribution in [2.45, 2.75) is 30.2 Å². The maximum absolute atomic E-state index is 13.5. The van der Waals surface area contributed by atoms with Crippen molar-refractivity contribution in [3.05, 3.63) is 89.7 Å². The zero-order chi connectivity index (χ0) is 23.4. The van der Waals surface area contributed by atoms with Crippen molar-refractivity contribution in [2.75, 3.05) is 18.0 Å². The van der Waals surface area contributed by atoms with Crippen LogP contribution in [0.2, 0.25) is 0 Å². The molecule has 3 aromatic carbocycles. The maximum atomic E-state index is 13.5. The molecule has 6 nitrogen and oxygen atoms in total. The molecule has 0 radical (unpaired) electrons. The lowest BCUT2D eigenvalue weighted by Gasteiger charge is -2.29. The van der Waals surface area contributed by atoms with Crippen LogP contribution in [-0.2, 0) is 21.2 Å². The molecule has 0 heterocycles. The van der Waals surface area contributed by atoms with Crippen molar-refractivity contribution < 1.29 is 22.3 Å². The average Bonchev–Trinajstić information content (AvgIpc) is 2.83. The number of hydrogen-bond acceptors (Lipinski definition) is 4. The Morgan fingerprint density at radius 2 is 1.76 bits per heavy atom. The van der Waals surface area contributed by atoms with Gasteiger partial charge in [0.15, 0.2) is 0 Å². The Morgan fingerprint density at radius 3 is 2.52 bits per heavy atom. The van der Waals surface area contributed by atoms with E-state index in [4.69, 9.17) is 4.74 Å². The van der Waals surface area contributed by atoms with E-state index in [1.807, 2.05) is 24.3 Å². The van der Waals surface area contributed by atoms with Gasteiger partial charge in [0, 0.05) is 0 Å². The standard InChI is InChI=1S/C25H25FN2O4S/c1-32-24-12-5-4-11-23(24)28(33(30,31)20-15-13-19(26)14-16-20)17-25(29)27-22-10-6-8-18-7-2-3-9-21(18)22/h2-5,7,9,11-16,22H,6,8,10,17H2,1H3,(H,27,29). The second-order valence-corrected chi connectivity index (χ2v) is 9.71. The minimum Gasteiger partial charge on any atom is -0.495 e. The van der Waals surface area contributed by atoms with Crippen LogP contribution in [0.25, 0.3) is 0 Å². The molecule has 0 aliphatic heterocycles. The van der Waals surface area contributed by atoms with E-state index in [1.165, 1.54) is 24.8 Å². The van der Waals surface area contributed by atoms with Crippen molar-refractivity contribution in [3.8, 4) is 5.75 Å². The highest BCUT2D eigenvalue weighted by Gasteiger charge is 2.30. The number of fused-ring (bicyclic) bond motifs is 1. The van der Waals surface area contributed by atoms with Crippen LogP contribution in [0.15, 0.2) is 77.7 Å². The number of carbonyl (C=O) groups excluding carboxylic acids is 1. The summed E-state index contributed by atoms with van der Waals surface area (Å²) in [5.41, 5.74) is 2.47. The molecule has 1 amide bonds. The van der Waals surface area contributed by atoms with Gasteiger partial charge in [0.2, 0.25) is 5.91 Å². The number of para-hydroxylation sites is 2. The average molecular weight is 469 g/mol. The summed E-state index contributed by atoms with van der Waals surface area (Å²) in [6.07, 6.45) is 2.67. The number of anilines is 1. The molecule has 1 atom stereocenters. The van der Waals surface area contributed by atoms with Gasteiger partial charge >= 0.3 is 0 Å². The number of amides is 1. The molecule has 1 unspecified atom stereocenters. The highest BCUT2D eigenvalue weighted by Crippen LogP contribution is 2.33. The van der Waals surface area contributed by atoms with Crippen LogP contribution >= 0.6 is 0 Å². The Balaban J connectivity index is 1.66. The molecular weight excluding hydrogens is 443 g/mol. The van der Waals surface area contributed by atoms with Gasteiger partial charge in [-0.2, -0.15) is 0 Å². The Kier molecular flexibility index (Phi) is 6.65. The predicted octanol–water partition coefficient (Wildman–Crippen LogP) is 4.22. The fraction of sp³-hybridized carbons (Fsp3) is 0.240. The van der Waals surface area contributed by atoms with Gasteiger partial charge in [-0.05, 0) is 66.8 Å². The molecule has 1 aliphatic rings.